The van der Waals surface area contributed by atoms with Gasteiger partial charge in [0.2, 0.25) is 0 Å². The van der Waals surface area contributed by atoms with Crippen LogP contribution in [0.1, 0.15) is 12.5 Å². The minimum Gasteiger partial charge on any atom is -0.496 e. The number of methoxy groups -OCH3 is 2. The van der Waals surface area contributed by atoms with Crippen LogP contribution in [-0.4, -0.2) is 58.5 Å². The Morgan fingerprint density at radius 1 is 1.05 bits per heavy atom. The van der Waals surface area contributed by atoms with Crippen molar-refractivity contribution in [1.29, 1.82) is 0 Å². The molecule has 0 unspecified atom stereocenters. The molecule has 0 bridgehead atoms. The lowest BCUT2D eigenvalue weighted by atomic mass is 10.1. The second-order valence-electron chi connectivity index (χ2n) is 5.09. The molecule has 2 rings (SSSR count). The number of hydrogen-bond donors (Lipinski definition) is 1. The molecule has 0 aromatic heterocycles. The molecule has 0 saturated carbocycles. The highest BCUT2D eigenvalue weighted by Crippen LogP contribution is 2.35. The van der Waals surface area contributed by atoms with E-state index in [1.165, 1.54) is 5.56 Å². The van der Waals surface area contributed by atoms with Crippen LogP contribution in [0.25, 0.3) is 0 Å². The number of hydrogen-bond acceptors (Lipinski definition) is 5. The molecule has 5 nitrogen and oxygen atoms in total. The van der Waals surface area contributed by atoms with E-state index in [1.54, 1.807) is 14.2 Å². The second kappa shape index (κ2) is 8.10. The summed E-state index contributed by atoms with van der Waals surface area (Å²) >= 11 is 0. The quantitative estimate of drug-likeness (QED) is 0.826. The molecule has 1 N–H and O–H groups in total. The average molecular weight is 294 g/mol. The van der Waals surface area contributed by atoms with Crippen molar-refractivity contribution >= 4 is 0 Å². The smallest absolute Gasteiger partial charge is 0.164 e. The maximum absolute atomic E-state index is 5.66. The lowest BCUT2D eigenvalue weighted by Gasteiger charge is -2.27. The van der Waals surface area contributed by atoms with Crippen LogP contribution in [0.2, 0.25) is 0 Å². The van der Waals surface area contributed by atoms with Gasteiger partial charge >= 0.3 is 0 Å². The summed E-state index contributed by atoms with van der Waals surface area (Å²) in [7, 11) is 3.35. The number of ether oxygens (including phenoxy) is 3. The number of nitrogens with one attached hydrogen (secondary N) is 1. The Morgan fingerprint density at radius 2 is 1.76 bits per heavy atom. The molecule has 118 valence electrons. The first-order chi connectivity index (χ1) is 10.3. The molecule has 1 heterocycles. The van der Waals surface area contributed by atoms with Gasteiger partial charge in [0.05, 0.1) is 20.8 Å². The van der Waals surface area contributed by atoms with Gasteiger partial charge in [0.15, 0.2) is 11.5 Å². The minimum absolute atomic E-state index is 0.625. The summed E-state index contributed by atoms with van der Waals surface area (Å²) in [6.45, 7) is 8.00. The topological polar surface area (TPSA) is 43.0 Å². The molecule has 21 heavy (non-hydrogen) atoms. The SMILES string of the molecule is CCOc1cc(CCN2CCNCC2)c(OC)cc1OC. The zero-order valence-electron chi connectivity index (χ0n) is 13.3. The summed E-state index contributed by atoms with van der Waals surface area (Å²) in [6, 6.07) is 3.96. The van der Waals surface area contributed by atoms with Gasteiger partial charge in [-0.25, -0.2) is 0 Å². The van der Waals surface area contributed by atoms with E-state index in [1.807, 2.05) is 19.1 Å². The van der Waals surface area contributed by atoms with E-state index in [4.69, 9.17) is 14.2 Å². The second-order valence-corrected chi connectivity index (χ2v) is 5.09. The largest absolute Gasteiger partial charge is 0.496 e. The van der Waals surface area contributed by atoms with Crippen molar-refractivity contribution in [1.82, 2.24) is 10.2 Å². The van der Waals surface area contributed by atoms with E-state index < -0.39 is 0 Å². The third-order valence-electron chi connectivity index (χ3n) is 3.77. The van der Waals surface area contributed by atoms with Crippen molar-refractivity contribution in [2.75, 3.05) is 53.6 Å². The Balaban J connectivity index is 2.10. The van der Waals surface area contributed by atoms with E-state index in [0.717, 1.165) is 56.4 Å². The molecule has 1 aliphatic heterocycles. The van der Waals surface area contributed by atoms with Gasteiger partial charge in [-0.2, -0.15) is 0 Å². The van der Waals surface area contributed by atoms with E-state index >= 15 is 0 Å². The number of nitrogens with zero attached hydrogens (tertiary/aromatic N) is 1. The first-order valence-electron chi connectivity index (χ1n) is 7.59. The van der Waals surface area contributed by atoms with Crippen LogP contribution in [0, 0.1) is 0 Å². The third kappa shape index (κ3) is 4.25. The Hall–Kier alpha value is -1.46. The summed E-state index contributed by atoms with van der Waals surface area (Å²) in [5.41, 5.74) is 1.17. The summed E-state index contributed by atoms with van der Waals surface area (Å²) in [4.78, 5) is 2.47. The molecule has 0 spiro atoms. The van der Waals surface area contributed by atoms with Gasteiger partial charge in [0, 0.05) is 38.8 Å². The molecule has 1 saturated heterocycles. The van der Waals surface area contributed by atoms with E-state index in [-0.39, 0.29) is 0 Å². The lowest BCUT2D eigenvalue weighted by Crippen LogP contribution is -2.44. The van der Waals surface area contributed by atoms with E-state index in [2.05, 4.69) is 10.2 Å². The van der Waals surface area contributed by atoms with E-state index in [9.17, 15) is 0 Å². The van der Waals surface area contributed by atoms with Gasteiger partial charge in [-0.3, -0.25) is 0 Å². The van der Waals surface area contributed by atoms with E-state index in [0.29, 0.717) is 6.61 Å². The molecular weight excluding hydrogens is 268 g/mol. The monoisotopic (exact) mass is 294 g/mol. The normalized spacial score (nSPS) is 15.8. The molecule has 0 amide bonds. The molecule has 0 atom stereocenters. The van der Waals surface area contributed by atoms with Gasteiger partial charge in [-0.1, -0.05) is 0 Å². The molecule has 0 aliphatic carbocycles. The Morgan fingerprint density at radius 3 is 2.38 bits per heavy atom. The first-order valence-corrected chi connectivity index (χ1v) is 7.59. The van der Waals surface area contributed by atoms with Crippen molar-refractivity contribution in [3.63, 3.8) is 0 Å². The maximum atomic E-state index is 5.66. The predicted molar refractivity (Wildman–Crippen MR) is 83.7 cm³/mol. The molecule has 1 aromatic carbocycles. The van der Waals surface area contributed by atoms with Gasteiger partial charge in [-0.15, -0.1) is 0 Å². The van der Waals surface area contributed by atoms with Crippen LogP contribution in [0.3, 0.4) is 0 Å². The predicted octanol–water partition coefficient (Wildman–Crippen LogP) is 1.55. The summed E-state index contributed by atoms with van der Waals surface area (Å²) in [5.74, 6) is 2.38. The van der Waals surface area contributed by atoms with Gasteiger partial charge in [0.25, 0.3) is 0 Å². The van der Waals surface area contributed by atoms with Crippen LogP contribution in [-0.2, 0) is 6.42 Å². The Kier molecular flexibility index (Phi) is 6.14. The Labute approximate surface area is 127 Å². The highest BCUT2D eigenvalue weighted by molar-refractivity contribution is 5.50. The average Bonchev–Trinajstić information content (AvgIpc) is 2.54. The lowest BCUT2D eigenvalue weighted by molar-refractivity contribution is 0.242. The van der Waals surface area contributed by atoms with Crippen molar-refractivity contribution < 1.29 is 14.2 Å². The zero-order chi connectivity index (χ0) is 15.1. The molecule has 0 radical (unpaired) electrons. The number of piperazine rings is 1. The molecule has 1 aliphatic rings. The van der Waals surface area contributed by atoms with Gasteiger partial charge in [-0.05, 0) is 25.0 Å². The third-order valence-corrected chi connectivity index (χ3v) is 3.77. The first kappa shape index (κ1) is 15.9. The van der Waals surface area contributed by atoms with Crippen LogP contribution < -0.4 is 19.5 Å². The van der Waals surface area contributed by atoms with Crippen molar-refractivity contribution in [3.05, 3.63) is 17.7 Å². The Bertz CT molecular complexity index is 445. The molecular formula is C16H26N2O3. The fraction of sp³-hybridized carbons (Fsp3) is 0.625. The standard InChI is InChI=1S/C16H26N2O3/c1-4-21-16-11-13(14(19-2)12-15(16)20-3)5-8-18-9-6-17-7-10-18/h11-12,17H,4-10H2,1-3H3. The van der Waals surface area contributed by atoms with Crippen molar-refractivity contribution in [2.45, 2.75) is 13.3 Å². The number of benzene rings is 1. The molecule has 5 heteroatoms. The molecule has 1 aromatic rings. The summed E-state index contributed by atoms with van der Waals surface area (Å²) < 4.78 is 16.5. The van der Waals surface area contributed by atoms with Crippen molar-refractivity contribution in [3.8, 4) is 17.2 Å². The van der Waals surface area contributed by atoms with Crippen LogP contribution >= 0.6 is 0 Å². The van der Waals surface area contributed by atoms with Crippen LogP contribution in [0.15, 0.2) is 12.1 Å². The highest BCUT2D eigenvalue weighted by atomic mass is 16.5. The molecule has 1 fully saturated rings. The zero-order valence-corrected chi connectivity index (χ0v) is 13.3. The minimum atomic E-state index is 0.625. The fourth-order valence-electron chi connectivity index (χ4n) is 2.61. The fourth-order valence-corrected chi connectivity index (χ4v) is 2.61. The maximum Gasteiger partial charge on any atom is 0.164 e. The summed E-state index contributed by atoms with van der Waals surface area (Å²) in [5, 5.41) is 3.37. The number of rotatable bonds is 7. The van der Waals surface area contributed by atoms with Gasteiger partial charge in [0.1, 0.15) is 5.75 Å². The van der Waals surface area contributed by atoms with Gasteiger partial charge < -0.3 is 24.4 Å². The van der Waals surface area contributed by atoms with Crippen molar-refractivity contribution in [2.24, 2.45) is 0 Å². The highest BCUT2D eigenvalue weighted by Gasteiger charge is 2.14. The van der Waals surface area contributed by atoms with Crippen LogP contribution in [0.5, 0.6) is 17.2 Å². The summed E-state index contributed by atoms with van der Waals surface area (Å²) in [6.07, 6.45) is 0.952. The van der Waals surface area contributed by atoms with Crippen LogP contribution in [0.4, 0.5) is 0 Å².